The molecule has 7 heteroatoms. The Balaban J connectivity index is 2.52. The maximum atomic E-state index is 11.7. The standard InChI is InChI=1S/C9H14N2O4S/c10-4-1-2-6-16(14,15)11-5-3-8(7-11)9(12)13/h8H,1-3,5-7H2,(H,12,13). The second-order valence-electron chi connectivity index (χ2n) is 3.76. The molecule has 1 rings (SSSR count). The average molecular weight is 246 g/mol. The van der Waals surface area contributed by atoms with Gasteiger partial charge in [-0.15, -0.1) is 0 Å². The van der Waals surface area contributed by atoms with Gasteiger partial charge in [0.05, 0.1) is 17.7 Å². The lowest BCUT2D eigenvalue weighted by molar-refractivity contribution is -0.141. The van der Waals surface area contributed by atoms with Gasteiger partial charge in [0.15, 0.2) is 0 Å². The summed E-state index contributed by atoms with van der Waals surface area (Å²) in [4.78, 5) is 10.7. The molecule has 1 atom stereocenters. The average Bonchev–Trinajstić information content (AvgIpc) is 2.67. The second-order valence-corrected chi connectivity index (χ2v) is 5.85. The molecule has 90 valence electrons. The number of carboxylic acid groups (broad SMARTS) is 1. The highest BCUT2D eigenvalue weighted by molar-refractivity contribution is 7.89. The molecule has 1 N–H and O–H groups in total. The Labute approximate surface area is 94.5 Å². The first-order chi connectivity index (χ1) is 7.47. The summed E-state index contributed by atoms with van der Waals surface area (Å²) in [5.41, 5.74) is 0. The van der Waals surface area contributed by atoms with E-state index < -0.39 is 21.9 Å². The van der Waals surface area contributed by atoms with Gasteiger partial charge in [0.2, 0.25) is 10.0 Å². The summed E-state index contributed by atoms with van der Waals surface area (Å²) in [6.45, 7) is 0.329. The highest BCUT2D eigenvalue weighted by Crippen LogP contribution is 2.20. The van der Waals surface area contributed by atoms with Crippen molar-refractivity contribution in [2.75, 3.05) is 18.8 Å². The SMILES string of the molecule is N#CCCCS(=O)(=O)N1CCC(C(=O)O)C1. The summed E-state index contributed by atoms with van der Waals surface area (Å²) >= 11 is 0. The van der Waals surface area contributed by atoms with E-state index >= 15 is 0 Å². The normalized spacial score (nSPS) is 21.8. The molecule has 0 radical (unpaired) electrons. The van der Waals surface area contributed by atoms with Crippen LogP contribution in [0.5, 0.6) is 0 Å². The summed E-state index contributed by atoms with van der Waals surface area (Å²) < 4.78 is 24.6. The van der Waals surface area contributed by atoms with Gasteiger partial charge in [-0.25, -0.2) is 12.7 Å². The minimum Gasteiger partial charge on any atom is -0.481 e. The van der Waals surface area contributed by atoms with Crippen LogP contribution in [0, 0.1) is 17.2 Å². The molecule has 1 unspecified atom stereocenters. The fourth-order valence-electron chi connectivity index (χ4n) is 1.65. The molecule has 1 heterocycles. The van der Waals surface area contributed by atoms with Gasteiger partial charge >= 0.3 is 5.97 Å². The zero-order valence-corrected chi connectivity index (χ0v) is 9.61. The van der Waals surface area contributed by atoms with Crippen molar-refractivity contribution in [2.24, 2.45) is 5.92 Å². The van der Waals surface area contributed by atoms with Crippen LogP contribution >= 0.6 is 0 Å². The lowest BCUT2D eigenvalue weighted by atomic mass is 10.1. The summed E-state index contributed by atoms with van der Waals surface area (Å²) in [6, 6.07) is 1.88. The molecule has 0 saturated carbocycles. The van der Waals surface area contributed by atoms with Crippen LogP contribution in [0.3, 0.4) is 0 Å². The minimum absolute atomic E-state index is 0.0597. The van der Waals surface area contributed by atoms with E-state index in [2.05, 4.69) is 0 Å². The van der Waals surface area contributed by atoms with E-state index in [9.17, 15) is 13.2 Å². The molecular weight excluding hydrogens is 232 g/mol. The minimum atomic E-state index is -3.38. The third kappa shape index (κ3) is 3.18. The number of nitrogens with zero attached hydrogens (tertiary/aromatic N) is 2. The Kier molecular flexibility index (Phi) is 4.26. The second kappa shape index (κ2) is 5.27. The molecule has 0 aromatic heterocycles. The van der Waals surface area contributed by atoms with E-state index in [0.29, 0.717) is 12.8 Å². The third-order valence-electron chi connectivity index (χ3n) is 2.58. The Morgan fingerprint density at radius 2 is 2.25 bits per heavy atom. The van der Waals surface area contributed by atoms with Crippen LogP contribution in [-0.2, 0) is 14.8 Å². The van der Waals surface area contributed by atoms with Crippen molar-refractivity contribution in [3.63, 3.8) is 0 Å². The summed E-state index contributed by atoms with van der Waals surface area (Å²) in [6.07, 6.45) is 0.870. The van der Waals surface area contributed by atoms with Crippen LogP contribution in [-0.4, -0.2) is 42.6 Å². The Hall–Kier alpha value is -1.13. The van der Waals surface area contributed by atoms with Gasteiger partial charge < -0.3 is 5.11 Å². The fourth-order valence-corrected chi connectivity index (χ4v) is 3.20. The van der Waals surface area contributed by atoms with Gasteiger partial charge in [0.1, 0.15) is 0 Å². The van der Waals surface area contributed by atoms with Gasteiger partial charge in [-0.1, -0.05) is 0 Å². The van der Waals surface area contributed by atoms with Gasteiger partial charge in [-0.3, -0.25) is 4.79 Å². The molecule has 0 bridgehead atoms. The van der Waals surface area contributed by atoms with Crippen LogP contribution in [0.15, 0.2) is 0 Å². The third-order valence-corrected chi connectivity index (χ3v) is 4.51. The molecule has 0 spiro atoms. The zero-order valence-electron chi connectivity index (χ0n) is 8.79. The first-order valence-electron chi connectivity index (χ1n) is 5.05. The fraction of sp³-hybridized carbons (Fsp3) is 0.778. The van der Waals surface area contributed by atoms with Crippen LogP contribution in [0.4, 0.5) is 0 Å². The Morgan fingerprint density at radius 1 is 1.56 bits per heavy atom. The number of unbranched alkanes of at least 4 members (excludes halogenated alkanes) is 1. The molecular formula is C9H14N2O4S. The number of hydrogen-bond donors (Lipinski definition) is 1. The van der Waals surface area contributed by atoms with Crippen molar-refractivity contribution in [1.29, 1.82) is 5.26 Å². The highest BCUT2D eigenvalue weighted by atomic mass is 32.2. The first kappa shape index (κ1) is 12.9. The lowest BCUT2D eigenvalue weighted by Gasteiger charge is -2.15. The molecule has 1 fully saturated rings. The van der Waals surface area contributed by atoms with Crippen LogP contribution < -0.4 is 0 Å². The van der Waals surface area contributed by atoms with Gasteiger partial charge in [-0.2, -0.15) is 5.26 Å². The maximum absolute atomic E-state index is 11.7. The predicted octanol–water partition coefficient (Wildman–Crippen LogP) is 0.0265. The van der Waals surface area contributed by atoms with Crippen molar-refractivity contribution in [3.05, 3.63) is 0 Å². The van der Waals surface area contributed by atoms with Crippen molar-refractivity contribution in [3.8, 4) is 6.07 Å². The Bertz CT molecular complexity index is 398. The smallest absolute Gasteiger partial charge is 0.307 e. The van der Waals surface area contributed by atoms with Crippen molar-refractivity contribution in [2.45, 2.75) is 19.3 Å². The summed E-state index contributed by atoms with van der Waals surface area (Å²) in [5, 5.41) is 17.1. The number of nitriles is 1. The number of aliphatic carboxylic acids is 1. The molecule has 0 aromatic rings. The van der Waals surface area contributed by atoms with Crippen LogP contribution in [0.1, 0.15) is 19.3 Å². The van der Waals surface area contributed by atoms with E-state index in [1.165, 1.54) is 4.31 Å². The van der Waals surface area contributed by atoms with E-state index in [1.54, 1.807) is 0 Å². The van der Waals surface area contributed by atoms with E-state index in [-0.39, 0.29) is 25.3 Å². The molecule has 1 saturated heterocycles. The largest absolute Gasteiger partial charge is 0.481 e. The number of hydrogen-bond acceptors (Lipinski definition) is 4. The molecule has 1 aliphatic heterocycles. The monoisotopic (exact) mass is 246 g/mol. The molecule has 0 aromatic carbocycles. The molecule has 0 amide bonds. The zero-order chi connectivity index (χ0) is 12.2. The van der Waals surface area contributed by atoms with Crippen molar-refractivity contribution >= 4 is 16.0 Å². The summed E-state index contributed by atoms with van der Waals surface area (Å²) in [7, 11) is -3.38. The van der Waals surface area contributed by atoms with Gasteiger partial charge in [0, 0.05) is 19.5 Å². The summed E-state index contributed by atoms with van der Waals surface area (Å²) in [5.74, 6) is -1.62. The highest BCUT2D eigenvalue weighted by Gasteiger charge is 2.34. The van der Waals surface area contributed by atoms with E-state index in [1.807, 2.05) is 6.07 Å². The molecule has 0 aliphatic carbocycles. The predicted molar refractivity (Wildman–Crippen MR) is 55.9 cm³/mol. The number of carbonyl (C=O) groups is 1. The number of sulfonamides is 1. The first-order valence-corrected chi connectivity index (χ1v) is 6.66. The van der Waals surface area contributed by atoms with E-state index in [4.69, 9.17) is 10.4 Å². The quantitative estimate of drug-likeness (QED) is 0.690. The molecule has 16 heavy (non-hydrogen) atoms. The topological polar surface area (TPSA) is 98.5 Å². The van der Waals surface area contributed by atoms with Crippen LogP contribution in [0.2, 0.25) is 0 Å². The number of rotatable bonds is 5. The van der Waals surface area contributed by atoms with Crippen molar-refractivity contribution < 1.29 is 18.3 Å². The van der Waals surface area contributed by atoms with Gasteiger partial charge in [0.25, 0.3) is 0 Å². The Morgan fingerprint density at radius 3 is 2.75 bits per heavy atom. The maximum Gasteiger partial charge on any atom is 0.307 e. The molecule has 1 aliphatic rings. The van der Waals surface area contributed by atoms with Crippen molar-refractivity contribution in [1.82, 2.24) is 4.31 Å². The van der Waals surface area contributed by atoms with Crippen LogP contribution in [0.25, 0.3) is 0 Å². The molecule has 6 nitrogen and oxygen atoms in total. The lowest BCUT2D eigenvalue weighted by Crippen LogP contribution is -2.32. The number of carboxylic acids is 1. The van der Waals surface area contributed by atoms with Gasteiger partial charge in [-0.05, 0) is 12.8 Å². The van der Waals surface area contributed by atoms with E-state index in [0.717, 1.165) is 0 Å².